The van der Waals surface area contributed by atoms with Crippen LogP contribution in [0.15, 0.2) is 54.6 Å². The van der Waals surface area contributed by atoms with Crippen molar-refractivity contribution in [3.63, 3.8) is 0 Å². The van der Waals surface area contributed by atoms with Gasteiger partial charge in [0.05, 0.1) is 29.7 Å². The number of urea groups is 1. The number of nitrogens with zero attached hydrogens (tertiary/aromatic N) is 3. The Labute approximate surface area is 167 Å². The van der Waals surface area contributed by atoms with Gasteiger partial charge in [-0.2, -0.15) is 0 Å². The molecule has 0 spiro atoms. The number of fused-ring (bicyclic) bond motifs is 2. The third-order valence-corrected chi connectivity index (χ3v) is 5.36. The Balaban J connectivity index is 1.37. The molecule has 1 aliphatic heterocycles. The van der Waals surface area contributed by atoms with E-state index in [1.807, 2.05) is 59.5 Å². The van der Waals surface area contributed by atoms with E-state index in [0.29, 0.717) is 12.4 Å². The first kappa shape index (κ1) is 17.5. The van der Waals surface area contributed by atoms with Crippen LogP contribution in [0.3, 0.4) is 0 Å². The van der Waals surface area contributed by atoms with Gasteiger partial charge < -0.3 is 19.9 Å². The van der Waals surface area contributed by atoms with Gasteiger partial charge in [-0.25, -0.2) is 14.8 Å². The first-order valence-corrected chi connectivity index (χ1v) is 9.68. The van der Waals surface area contributed by atoms with Crippen molar-refractivity contribution in [3.05, 3.63) is 60.4 Å². The van der Waals surface area contributed by atoms with Crippen molar-refractivity contribution in [2.24, 2.45) is 0 Å². The van der Waals surface area contributed by atoms with Gasteiger partial charge in [0.2, 0.25) is 5.88 Å². The normalized spacial score (nSPS) is 16.4. The predicted octanol–water partition coefficient (Wildman–Crippen LogP) is 4.49. The highest BCUT2D eigenvalue weighted by Gasteiger charge is 2.32. The minimum atomic E-state index is -0.117. The van der Waals surface area contributed by atoms with Gasteiger partial charge in [-0.15, -0.1) is 0 Å². The Hall–Kier alpha value is -3.61. The number of carbonyl (C=O) groups excluding carboxylic acids is 1. The molecule has 2 aromatic heterocycles. The number of amides is 2. The molecule has 2 N–H and O–H groups in total. The molecule has 2 amide bonds. The van der Waals surface area contributed by atoms with Crippen molar-refractivity contribution < 1.29 is 9.53 Å². The van der Waals surface area contributed by atoms with Crippen molar-refractivity contribution in [1.29, 1.82) is 0 Å². The molecule has 4 aromatic rings. The molecule has 3 heterocycles. The average molecular weight is 387 g/mol. The van der Waals surface area contributed by atoms with Gasteiger partial charge in [-0.05, 0) is 49.2 Å². The summed E-state index contributed by atoms with van der Waals surface area (Å²) in [5.41, 5.74) is 3.48. The molecule has 5 rings (SSSR count). The lowest BCUT2D eigenvalue weighted by molar-refractivity contribution is 0.205. The minimum absolute atomic E-state index is 0.0474. The number of aromatic amines is 1. The second-order valence-corrected chi connectivity index (χ2v) is 7.18. The van der Waals surface area contributed by atoms with Crippen LogP contribution < -0.4 is 10.1 Å². The molecule has 0 bridgehead atoms. The molecule has 146 valence electrons. The van der Waals surface area contributed by atoms with E-state index in [4.69, 9.17) is 9.72 Å². The topological polar surface area (TPSA) is 83.1 Å². The van der Waals surface area contributed by atoms with E-state index >= 15 is 0 Å². The summed E-state index contributed by atoms with van der Waals surface area (Å²) in [4.78, 5) is 27.3. The van der Waals surface area contributed by atoms with Gasteiger partial charge in [0.25, 0.3) is 0 Å². The van der Waals surface area contributed by atoms with Gasteiger partial charge in [-0.1, -0.05) is 12.1 Å². The Morgan fingerprint density at radius 3 is 2.90 bits per heavy atom. The minimum Gasteiger partial charge on any atom is -0.481 e. The number of ether oxygens (including phenoxy) is 1. The smallest absolute Gasteiger partial charge is 0.322 e. The quantitative estimate of drug-likeness (QED) is 0.543. The fourth-order valence-corrected chi connectivity index (χ4v) is 3.92. The molecule has 2 aromatic carbocycles. The zero-order valence-corrected chi connectivity index (χ0v) is 16.1. The van der Waals surface area contributed by atoms with E-state index in [0.717, 1.165) is 46.3 Å². The molecule has 29 heavy (non-hydrogen) atoms. The third-order valence-electron chi connectivity index (χ3n) is 5.36. The number of anilines is 1. The van der Waals surface area contributed by atoms with Gasteiger partial charge in [0.15, 0.2) is 0 Å². The lowest BCUT2D eigenvalue weighted by Crippen LogP contribution is -2.34. The number of likely N-dealkylation sites (tertiary alicyclic amines) is 1. The molecule has 7 nitrogen and oxygen atoms in total. The highest BCUT2D eigenvalue weighted by atomic mass is 16.5. The molecule has 0 saturated carbocycles. The highest BCUT2D eigenvalue weighted by Crippen LogP contribution is 2.32. The van der Waals surface area contributed by atoms with E-state index in [1.54, 1.807) is 7.11 Å². The average Bonchev–Trinajstić information content (AvgIpc) is 3.40. The number of benzene rings is 2. The number of imidazole rings is 1. The number of para-hydroxylation sites is 2. The molecular formula is C22H21N5O2. The Bertz CT molecular complexity index is 1170. The van der Waals surface area contributed by atoms with Gasteiger partial charge >= 0.3 is 6.03 Å². The predicted molar refractivity (Wildman–Crippen MR) is 112 cm³/mol. The maximum atomic E-state index is 13.0. The van der Waals surface area contributed by atoms with E-state index in [-0.39, 0.29) is 12.1 Å². The molecule has 0 radical (unpaired) electrons. The summed E-state index contributed by atoms with van der Waals surface area (Å²) in [5.74, 6) is 1.41. The van der Waals surface area contributed by atoms with Crippen LogP contribution >= 0.6 is 0 Å². The monoisotopic (exact) mass is 387 g/mol. The van der Waals surface area contributed by atoms with Crippen LogP contribution in [0, 0.1) is 0 Å². The van der Waals surface area contributed by atoms with Crippen molar-refractivity contribution in [3.8, 4) is 5.88 Å². The lowest BCUT2D eigenvalue weighted by Gasteiger charge is -2.23. The summed E-state index contributed by atoms with van der Waals surface area (Å²) in [5, 5.41) is 3.97. The second-order valence-electron chi connectivity index (χ2n) is 7.18. The maximum absolute atomic E-state index is 13.0. The van der Waals surface area contributed by atoms with Crippen LogP contribution in [-0.2, 0) is 0 Å². The maximum Gasteiger partial charge on any atom is 0.322 e. The lowest BCUT2D eigenvalue weighted by atomic mass is 10.2. The zero-order valence-electron chi connectivity index (χ0n) is 16.1. The number of carbonyl (C=O) groups is 1. The summed E-state index contributed by atoms with van der Waals surface area (Å²) < 4.78 is 5.16. The number of aromatic nitrogens is 3. The summed E-state index contributed by atoms with van der Waals surface area (Å²) in [6.07, 6.45) is 1.85. The standard InChI is InChI=1S/C22H21N5O2/c1-29-20-11-8-14-13-15(9-10-16(14)24-20)23-22(28)27-12-4-7-19(27)21-25-17-5-2-3-6-18(17)26-21/h2-3,5-6,8-11,13,19H,4,7,12H2,1H3,(H,23,28)(H,25,26). The summed E-state index contributed by atoms with van der Waals surface area (Å²) >= 11 is 0. The molecule has 1 atom stereocenters. The van der Waals surface area contributed by atoms with Gasteiger partial charge in [0, 0.05) is 23.7 Å². The number of hydrogen-bond donors (Lipinski definition) is 2. The summed E-state index contributed by atoms with van der Waals surface area (Å²) in [7, 11) is 1.59. The number of hydrogen-bond acceptors (Lipinski definition) is 4. The van der Waals surface area contributed by atoms with Gasteiger partial charge in [-0.3, -0.25) is 0 Å². The van der Waals surface area contributed by atoms with Gasteiger partial charge in [0.1, 0.15) is 5.82 Å². The van der Waals surface area contributed by atoms with Crippen LogP contribution in [0.25, 0.3) is 21.9 Å². The van der Waals surface area contributed by atoms with Crippen LogP contribution in [0.1, 0.15) is 24.7 Å². The second kappa shape index (κ2) is 7.09. The Morgan fingerprint density at radius 1 is 1.14 bits per heavy atom. The van der Waals surface area contributed by atoms with E-state index < -0.39 is 0 Å². The zero-order chi connectivity index (χ0) is 19.8. The van der Waals surface area contributed by atoms with E-state index in [2.05, 4.69) is 15.3 Å². The largest absolute Gasteiger partial charge is 0.481 e. The molecule has 1 saturated heterocycles. The number of pyridine rings is 1. The Morgan fingerprint density at radius 2 is 2.03 bits per heavy atom. The number of nitrogens with one attached hydrogen (secondary N) is 2. The fraction of sp³-hybridized carbons (Fsp3) is 0.227. The van der Waals surface area contributed by atoms with Crippen molar-refractivity contribution in [2.45, 2.75) is 18.9 Å². The van der Waals surface area contributed by atoms with Crippen LogP contribution in [-0.4, -0.2) is 39.5 Å². The molecule has 1 unspecified atom stereocenters. The molecule has 0 aliphatic carbocycles. The van der Waals surface area contributed by atoms with Crippen LogP contribution in [0.4, 0.5) is 10.5 Å². The summed E-state index contributed by atoms with van der Waals surface area (Å²) in [6.45, 7) is 0.708. The molecule has 1 fully saturated rings. The number of rotatable bonds is 3. The molecular weight excluding hydrogens is 366 g/mol. The first-order chi connectivity index (χ1) is 14.2. The van der Waals surface area contributed by atoms with E-state index in [9.17, 15) is 4.79 Å². The Kier molecular flexibility index (Phi) is 4.27. The van der Waals surface area contributed by atoms with Crippen LogP contribution in [0.2, 0.25) is 0 Å². The van der Waals surface area contributed by atoms with Crippen molar-refractivity contribution in [1.82, 2.24) is 19.9 Å². The summed E-state index contributed by atoms with van der Waals surface area (Å²) in [6, 6.07) is 17.2. The number of methoxy groups -OCH3 is 1. The molecule has 1 aliphatic rings. The third kappa shape index (κ3) is 3.24. The highest BCUT2D eigenvalue weighted by molar-refractivity contribution is 5.93. The van der Waals surface area contributed by atoms with E-state index in [1.165, 1.54) is 0 Å². The molecule has 7 heteroatoms. The number of H-pyrrole nitrogens is 1. The van der Waals surface area contributed by atoms with Crippen molar-refractivity contribution >= 4 is 33.7 Å². The fourth-order valence-electron chi connectivity index (χ4n) is 3.92. The SMILES string of the molecule is COc1ccc2cc(NC(=O)N3CCCC3c3nc4ccccc4[nH]3)ccc2n1. The first-order valence-electron chi connectivity index (χ1n) is 9.68. The van der Waals surface area contributed by atoms with Crippen molar-refractivity contribution in [2.75, 3.05) is 19.0 Å². The van der Waals surface area contributed by atoms with Crippen LogP contribution in [0.5, 0.6) is 5.88 Å².